The maximum absolute atomic E-state index is 12.6. The number of nitrogens with zero attached hydrogens (tertiary/aromatic N) is 3. The van der Waals surface area contributed by atoms with E-state index in [9.17, 15) is 4.79 Å². The molecular formula is C17H17N3OS. The van der Waals surface area contributed by atoms with E-state index >= 15 is 0 Å². The molecule has 0 unspecified atom stereocenters. The number of carbonyl (C=O) groups is 1. The minimum absolute atomic E-state index is 0.0533. The monoisotopic (exact) mass is 311 g/mol. The molecule has 2 aromatic heterocycles. The van der Waals surface area contributed by atoms with E-state index in [1.807, 2.05) is 44.3 Å². The fourth-order valence-electron chi connectivity index (χ4n) is 2.34. The molecule has 4 nitrogen and oxygen atoms in total. The van der Waals surface area contributed by atoms with Gasteiger partial charge in [-0.05, 0) is 24.4 Å². The zero-order valence-electron chi connectivity index (χ0n) is 12.6. The van der Waals surface area contributed by atoms with Crippen LogP contribution in [-0.4, -0.2) is 33.9 Å². The second kappa shape index (κ2) is 6.23. The summed E-state index contributed by atoms with van der Waals surface area (Å²) < 4.78 is 1.14. The fraction of sp³-hybridized carbons (Fsp3) is 0.235. The first-order valence-corrected chi connectivity index (χ1v) is 7.97. The van der Waals surface area contributed by atoms with Crippen molar-refractivity contribution in [3.05, 3.63) is 59.5 Å². The van der Waals surface area contributed by atoms with Crippen LogP contribution in [0.3, 0.4) is 0 Å². The lowest BCUT2D eigenvalue weighted by Crippen LogP contribution is -2.36. The Balaban J connectivity index is 1.75. The number of amides is 1. The molecule has 0 saturated carbocycles. The van der Waals surface area contributed by atoms with E-state index in [4.69, 9.17) is 0 Å². The summed E-state index contributed by atoms with van der Waals surface area (Å²) in [5.41, 5.74) is 0.894. The Hall–Kier alpha value is -2.27. The van der Waals surface area contributed by atoms with Crippen LogP contribution in [0.2, 0.25) is 0 Å². The standard InChI is InChI=1S/C17H17N3OS/c1-12(9-14-11-18-7-8-19-14)20(2)17(21)16-10-13-5-3-4-6-15(13)22-16/h3-8,10-12H,9H2,1-2H3/t12-/m1/s1. The van der Waals surface area contributed by atoms with Crippen molar-refractivity contribution in [3.63, 3.8) is 0 Å². The average molecular weight is 311 g/mol. The lowest BCUT2D eigenvalue weighted by molar-refractivity contribution is 0.0748. The van der Waals surface area contributed by atoms with Crippen LogP contribution in [0.5, 0.6) is 0 Å². The van der Waals surface area contributed by atoms with Gasteiger partial charge in [-0.1, -0.05) is 18.2 Å². The molecule has 1 aromatic carbocycles. The van der Waals surface area contributed by atoms with Crippen molar-refractivity contribution < 1.29 is 4.79 Å². The Morgan fingerprint density at radius 1 is 1.32 bits per heavy atom. The Labute approximate surface area is 133 Å². The van der Waals surface area contributed by atoms with E-state index < -0.39 is 0 Å². The van der Waals surface area contributed by atoms with E-state index in [1.54, 1.807) is 23.5 Å². The Kier molecular flexibility index (Phi) is 4.15. The SMILES string of the molecule is C[C@H](Cc1cnccn1)N(C)C(=O)c1cc2ccccc2s1. The third kappa shape index (κ3) is 2.99. The highest BCUT2D eigenvalue weighted by Crippen LogP contribution is 2.26. The normalized spacial score (nSPS) is 12.3. The van der Waals surface area contributed by atoms with E-state index in [0.717, 1.165) is 20.7 Å². The fourth-order valence-corrected chi connectivity index (χ4v) is 3.38. The summed E-state index contributed by atoms with van der Waals surface area (Å²) in [7, 11) is 1.84. The third-order valence-corrected chi connectivity index (χ3v) is 4.84. The van der Waals surface area contributed by atoms with Crippen LogP contribution >= 0.6 is 11.3 Å². The van der Waals surface area contributed by atoms with Crippen molar-refractivity contribution in [2.24, 2.45) is 0 Å². The molecule has 3 rings (SSSR count). The van der Waals surface area contributed by atoms with Crippen molar-refractivity contribution >= 4 is 27.3 Å². The summed E-state index contributed by atoms with van der Waals surface area (Å²) in [5.74, 6) is 0.0533. The van der Waals surface area contributed by atoms with Crippen LogP contribution in [-0.2, 0) is 6.42 Å². The number of hydrogen-bond acceptors (Lipinski definition) is 4. The number of likely N-dealkylation sites (N-methyl/N-ethyl adjacent to an activating group) is 1. The van der Waals surface area contributed by atoms with Crippen molar-refractivity contribution in [3.8, 4) is 0 Å². The minimum atomic E-state index is 0.0533. The molecule has 2 heterocycles. The van der Waals surface area contributed by atoms with Gasteiger partial charge in [-0.25, -0.2) is 0 Å². The van der Waals surface area contributed by atoms with Crippen molar-refractivity contribution in [1.82, 2.24) is 14.9 Å². The van der Waals surface area contributed by atoms with Gasteiger partial charge in [0.05, 0.1) is 10.6 Å². The molecule has 5 heteroatoms. The number of benzene rings is 1. The zero-order valence-corrected chi connectivity index (χ0v) is 13.4. The Morgan fingerprint density at radius 2 is 2.14 bits per heavy atom. The molecule has 0 aliphatic carbocycles. The summed E-state index contributed by atoms with van der Waals surface area (Å²) in [4.78, 5) is 23.5. The lowest BCUT2D eigenvalue weighted by atomic mass is 10.1. The van der Waals surface area contributed by atoms with Crippen molar-refractivity contribution in [2.75, 3.05) is 7.05 Å². The quantitative estimate of drug-likeness (QED) is 0.742. The molecule has 0 saturated heterocycles. The molecule has 0 fully saturated rings. The highest BCUT2D eigenvalue weighted by atomic mass is 32.1. The molecule has 0 radical (unpaired) electrons. The van der Waals surface area contributed by atoms with Crippen molar-refractivity contribution in [1.29, 1.82) is 0 Å². The molecule has 0 bridgehead atoms. The Morgan fingerprint density at radius 3 is 2.86 bits per heavy atom. The van der Waals surface area contributed by atoms with E-state index in [0.29, 0.717) is 6.42 Å². The van der Waals surface area contributed by atoms with Gasteiger partial charge < -0.3 is 4.90 Å². The van der Waals surface area contributed by atoms with Crippen LogP contribution in [0.4, 0.5) is 0 Å². The maximum atomic E-state index is 12.6. The molecule has 3 aromatic rings. The zero-order chi connectivity index (χ0) is 15.5. The summed E-state index contributed by atoms with van der Waals surface area (Å²) >= 11 is 1.54. The van der Waals surface area contributed by atoms with Gasteiger partial charge in [-0.15, -0.1) is 11.3 Å². The molecule has 1 amide bonds. The van der Waals surface area contributed by atoms with Gasteiger partial charge in [0.25, 0.3) is 5.91 Å². The highest BCUT2D eigenvalue weighted by Gasteiger charge is 2.20. The Bertz CT molecular complexity index is 752. The number of thiophene rings is 1. The predicted octanol–water partition coefficient (Wildman–Crippen LogP) is 3.39. The second-order valence-corrected chi connectivity index (χ2v) is 6.40. The molecule has 0 N–H and O–H groups in total. The summed E-state index contributed by atoms with van der Waals surface area (Å²) in [5, 5.41) is 1.12. The van der Waals surface area contributed by atoms with Crippen LogP contribution in [0.1, 0.15) is 22.3 Å². The first-order chi connectivity index (χ1) is 10.6. The van der Waals surface area contributed by atoms with E-state index in [-0.39, 0.29) is 11.9 Å². The topological polar surface area (TPSA) is 46.1 Å². The molecule has 0 aliphatic rings. The average Bonchev–Trinajstić information content (AvgIpc) is 2.98. The number of fused-ring (bicyclic) bond motifs is 1. The largest absolute Gasteiger partial charge is 0.338 e. The molecular weight excluding hydrogens is 294 g/mol. The molecule has 0 spiro atoms. The molecule has 0 aliphatic heterocycles. The first-order valence-electron chi connectivity index (χ1n) is 7.16. The number of carbonyl (C=O) groups excluding carboxylic acids is 1. The van der Waals surface area contributed by atoms with Gasteiger partial charge in [0.15, 0.2) is 0 Å². The third-order valence-electron chi connectivity index (χ3n) is 3.74. The van der Waals surface area contributed by atoms with Crippen molar-refractivity contribution in [2.45, 2.75) is 19.4 Å². The van der Waals surface area contributed by atoms with Crippen LogP contribution in [0.25, 0.3) is 10.1 Å². The summed E-state index contributed by atoms with van der Waals surface area (Å²) in [6.45, 7) is 2.03. The number of hydrogen-bond donors (Lipinski definition) is 0. The van der Waals surface area contributed by atoms with Gasteiger partial charge in [0.2, 0.25) is 0 Å². The van der Waals surface area contributed by atoms with Gasteiger partial charge in [0.1, 0.15) is 0 Å². The van der Waals surface area contributed by atoms with E-state index in [2.05, 4.69) is 9.97 Å². The van der Waals surface area contributed by atoms with Gasteiger partial charge >= 0.3 is 0 Å². The molecule has 1 atom stereocenters. The lowest BCUT2D eigenvalue weighted by Gasteiger charge is -2.24. The predicted molar refractivity (Wildman–Crippen MR) is 89.1 cm³/mol. The van der Waals surface area contributed by atoms with E-state index in [1.165, 1.54) is 11.3 Å². The first kappa shape index (κ1) is 14.7. The van der Waals surface area contributed by atoms with Gasteiger partial charge in [-0.2, -0.15) is 0 Å². The number of aromatic nitrogens is 2. The van der Waals surface area contributed by atoms with Gasteiger partial charge in [-0.3, -0.25) is 14.8 Å². The van der Waals surface area contributed by atoms with Crippen LogP contribution in [0.15, 0.2) is 48.9 Å². The molecule has 112 valence electrons. The minimum Gasteiger partial charge on any atom is -0.338 e. The summed E-state index contributed by atoms with van der Waals surface area (Å²) in [6.07, 6.45) is 5.77. The summed E-state index contributed by atoms with van der Waals surface area (Å²) in [6, 6.07) is 10.1. The van der Waals surface area contributed by atoms with Gasteiger partial charge in [0, 0.05) is 42.8 Å². The highest BCUT2D eigenvalue weighted by molar-refractivity contribution is 7.20. The number of rotatable bonds is 4. The van der Waals surface area contributed by atoms with Crippen LogP contribution < -0.4 is 0 Å². The van der Waals surface area contributed by atoms with Crippen LogP contribution in [0, 0.1) is 0 Å². The second-order valence-electron chi connectivity index (χ2n) is 5.31. The smallest absolute Gasteiger partial charge is 0.263 e. The maximum Gasteiger partial charge on any atom is 0.263 e. The molecule has 22 heavy (non-hydrogen) atoms.